The number of rotatable bonds is 4. The Labute approximate surface area is 187 Å². The molecular weight excluding hydrogens is 407 g/mol. The highest BCUT2D eigenvalue weighted by molar-refractivity contribution is 5.95. The first-order chi connectivity index (χ1) is 15.5. The maximum absolute atomic E-state index is 13.6. The molecule has 0 radical (unpaired) electrons. The van der Waals surface area contributed by atoms with E-state index in [0.29, 0.717) is 11.9 Å². The van der Waals surface area contributed by atoms with Crippen molar-refractivity contribution < 1.29 is 9.18 Å². The van der Waals surface area contributed by atoms with Crippen molar-refractivity contribution in [1.82, 2.24) is 24.4 Å². The van der Waals surface area contributed by atoms with Gasteiger partial charge in [-0.1, -0.05) is 0 Å². The van der Waals surface area contributed by atoms with Gasteiger partial charge in [-0.2, -0.15) is 0 Å². The van der Waals surface area contributed by atoms with E-state index in [1.54, 1.807) is 12.3 Å². The summed E-state index contributed by atoms with van der Waals surface area (Å²) >= 11 is 0. The summed E-state index contributed by atoms with van der Waals surface area (Å²) in [6, 6.07) is 5.14. The molecular formula is C24H29FN6O. The van der Waals surface area contributed by atoms with Crippen LogP contribution in [0.2, 0.25) is 0 Å². The van der Waals surface area contributed by atoms with Crippen LogP contribution < -0.4 is 4.90 Å². The SMILES string of the molecule is Cc1nc(N2CCC(N3CCCC(C(=O)c4nccn4C)C3)CC2)nc2ccc(F)cc12. The number of carbonyl (C=O) groups excluding carboxylic acids is 1. The summed E-state index contributed by atoms with van der Waals surface area (Å²) in [5, 5.41) is 0.764. The van der Waals surface area contributed by atoms with E-state index < -0.39 is 0 Å². The van der Waals surface area contributed by atoms with Crippen LogP contribution in [0, 0.1) is 18.7 Å². The fourth-order valence-electron chi connectivity index (χ4n) is 5.15. The number of carbonyl (C=O) groups is 1. The highest BCUT2D eigenvalue weighted by Crippen LogP contribution is 2.28. The van der Waals surface area contributed by atoms with E-state index in [1.165, 1.54) is 12.1 Å². The number of ketones is 1. The minimum Gasteiger partial charge on any atom is -0.341 e. The number of likely N-dealkylation sites (tertiary alicyclic amines) is 1. The van der Waals surface area contributed by atoms with Gasteiger partial charge in [-0.3, -0.25) is 9.69 Å². The van der Waals surface area contributed by atoms with Crippen LogP contribution in [0.1, 0.15) is 42.0 Å². The third-order valence-electron chi connectivity index (χ3n) is 6.97. The standard InChI is InChI=1S/C24H29FN6O/c1-16-20-14-18(25)5-6-21(20)28-24(27-16)30-11-7-19(8-12-30)31-10-3-4-17(15-31)22(32)23-26-9-13-29(23)2/h5-6,9,13-14,17,19H,3-4,7-8,10-12,15H2,1-2H3. The minimum absolute atomic E-state index is 0.0229. The molecule has 0 N–H and O–H groups in total. The Kier molecular flexibility index (Phi) is 5.63. The largest absolute Gasteiger partial charge is 0.341 e. The zero-order chi connectivity index (χ0) is 22.2. The number of imidazole rings is 1. The van der Waals surface area contributed by atoms with Gasteiger partial charge in [0.1, 0.15) is 5.82 Å². The van der Waals surface area contributed by atoms with Crippen molar-refractivity contribution in [2.24, 2.45) is 13.0 Å². The average Bonchev–Trinajstić information content (AvgIpc) is 3.25. The molecule has 0 saturated carbocycles. The lowest BCUT2D eigenvalue weighted by molar-refractivity contribution is 0.0707. The molecule has 0 spiro atoms. The molecule has 2 aliphatic rings. The van der Waals surface area contributed by atoms with Crippen LogP contribution in [0.4, 0.5) is 10.3 Å². The number of aryl methyl sites for hydroxylation is 2. The van der Waals surface area contributed by atoms with E-state index in [-0.39, 0.29) is 17.5 Å². The highest BCUT2D eigenvalue weighted by Gasteiger charge is 2.33. The van der Waals surface area contributed by atoms with Gasteiger partial charge >= 0.3 is 0 Å². The minimum atomic E-state index is -0.265. The number of hydrogen-bond acceptors (Lipinski definition) is 6. The summed E-state index contributed by atoms with van der Waals surface area (Å²) in [5.41, 5.74) is 1.58. The van der Waals surface area contributed by atoms with E-state index in [1.807, 2.05) is 24.7 Å². The number of piperidine rings is 2. The van der Waals surface area contributed by atoms with Crippen molar-refractivity contribution in [2.75, 3.05) is 31.1 Å². The van der Waals surface area contributed by atoms with Crippen molar-refractivity contribution >= 4 is 22.6 Å². The molecule has 0 amide bonds. The molecule has 0 bridgehead atoms. The summed E-state index contributed by atoms with van der Waals surface area (Å²) in [4.78, 5) is 31.3. The van der Waals surface area contributed by atoms with Crippen LogP contribution in [0.15, 0.2) is 30.6 Å². The van der Waals surface area contributed by atoms with Crippen LogP contribution in [-0.2, 0) is 7.05 Å². The Morgan fingerprint density at radius 3 is 2.69 bits per heavy atom. The molecule has 2 saturated heterocycles. The molecule has 0 aliphatic carbocycles. The smallest absolute Gasteiger partial charge is 0.226 e. The first kappa shape index (κ1) is 21.0. The topological polar surface area (TPSA) is 67.2 Å². The predicted octanol–water partition coefficient (Wildman–Crippen LogP) is 3.37. The van der Waals surface area contributed by atoms with E-state index >= 15 is 0 Å². The van der Waals surface area contributed by atoms with E-state index in [9.17, 15) is 9.18 Å². The first-order valence-electron chi connectivity index (χ1n) is 11.4. The summed E-state index contributed by atoms with van der Waals surface area (Å²) in [6.07, 6.45) is 7.55. The Bertz CT molecular complexity index is 1140. The molecule has 5 rings (SSSR count). The molecule has 8 heteroatoms. The third kappa shape index (κ3) is 3.99. The van der Waals surface area contributed by atoms with Gasteiger partial charge in [-0.25, -0.2) is 19.3 Å². The number of Topliss-reactive ketones (excluding diaryl/α,β-unsaturated/α-hetero) is 1. The fourth-order valence-corrected chi connectivity index (χ4v) is 5.15. The molecule has 1 aromatic carbocycles. The first-order valence-corrected chi connectivity index (χ1v) is 11.4. The summed E-state index contributed by atoms with van der Waals surface area (Å²) < 4.78 is 15.4. The maximum atomic E-state index is 13.6. The second-order valence-corrected chi connectivity index (χ2v) is 9.05. The molecule has 7 nitrogen and oxygen atoms in total. The maximum Gasteiger partial charge on any atom is 0.226 e. The summed E-state index contributed by atoms with van der Waals surface area (Å²) in [7, 11) is 1.88. The molecule has 168 valence electrons. The van der Waals surface area contributed by atoms with Gasteiger partial charge in [-0.15, -0.1) is 0 Å². The molecule has 2 aliphatic heterocycles. The Morgan fingerprint density at radius 2 is 1.94 bits per heavy atom. The molecule has 1 atom stereocenters. The summed E-state index contributed by atoms with van der Waals surface area (Å²) in [5.74, 6) is 1.21. The number of nitrogens with zero attached hydrogens (tertiary/aromatic N) is 6. The number of fused-ring (bicyclic) bond motifs is 1. The molecule has 4 heterocycles. The van der Waals surface area contributed by atoms with Gasteiger partial charge in [0.25, 0.3) is 0 Å². The van der Waals surface area contributed by atoms with Crippen LogP contribution >= 0.6 is 0 Å². The number of hydrogen-bond donors (Lipinski definition) is 0. The zero-order valence-corrected chi connectivity index (χ0v) is 18.7. The Morgan fingerprint density at radius 1 is 1.12 bits per heavy atom. The van der Waals surface area contributed by atoms with Gasteiger partial charge in [0.15, 0.2) is 5.82 Å². The van der Waals surface area contributed by atoms with Crippen molar-refractivity contribution in [2.45, 2.75) is 38.6 Å². The quantitative estimate of drug-likeness (QED) is 0.584. The number of aromatic nitrogens is 4. The van der Waals surface area contributed by atoms with E-state index in [0.717, 1.165) is 74.4 Å². The second-order valence-electron chi connectivity index (χ2n) is 9.05. The Hall–Kier alpha value is -2.87. The van der Waals surface area contributed by atoms with Crippen LogP contribution in [0.3, 0.4) is 0 Å². The number of anilines is 1. The van der Waals surface area contributed by atoms with E-state index in [4.69, 9.17) is 4.98 Å². The van der Waals surface area contributed by atoms with Gasteiger partial charge in [0.2, 0.25) is 11.7 Å². The lowest BCUT2D eigenvalue weighted by atomic mass is 9.90. The summed E-state index contributed by atoms with van der Waals surface area (Å²) in [6.45, 7) is 5.53. The third-order valence-corrected chi connectivity index (χ3v) is 6.97. The lowest BCUT2D eigenvalue weighted by Crippen LogP contribution is -2.50. The van der Waals surface area contributed by atoms with Gasteiger partial charge < -0.3 is 9.47 Å². The average molecular weight is 437 g/mol. The molecule has 32 heavy (non-hydrogen) atoms. The van der Waals surface area contributed by atoms with Crippen molar-refractivity contribution in [1.29, 1.82) is 0 Å². The van der Waals surface area contributed by atoms with E-state index in [2.05, 4.69) is 19.8 Å². The van der Waals surface area contributed by atoms with Crippen LogP contribution in [-0.4, -0.2) is 62.4 Å². The molecule has 1 unspecified atom stereocenters. The van der Waals surface area contributed by atoms with Crippen molar-refractivity contribution in [3.8, 4) is 0 Å². The second kappa shape index (κ2) is 8.58. The van der Waals surface area contributed by atoms with Gasteiger partial charge in [0, 0.05) is 56.4 Å². The molecule has 2 aromatic heterocycles. The van der Waals surface area contributed by atoms with Crippen LogP contribution in [0.25, 0.3) is 10.9 Å². The predicted molar refractivity (Wildman–Crippen MR) is 121 cm³/mol. The molecule has 3 aromatic rings. The van der Waals surface area contributed by atoms with Gasteiger partial charge in [-0.05, 0) is 57.4 Å². The van der Waals surface area contributed by atoms with Crippen molar-refractivity contribution in [3.05, 3.63) is 47.9 Å². The Balaban J connectivity index is 1.24. The number of benzene rings is 1. The lowest BCUT2D eigenvalue weighted by Gasteiger charge is -2.42. The monoisotopic (exact) mass is 436 g/mol. The number of halogens is 1. The fraction of sp³-hybridized carbons (Fsp3) is 0.500. The molecule has 2 fully saturated rings. The highest BCUT2D eigenvalue weighted by atomic mass is 19.1. The van der Waals surface area contributed by atoms with Gasteiger partial charge in [0.05, 0.1) is 11.2 Å². The normalized spacial score (nSPS) is 20.7. The van der Waals surface area contributed by atoms with Crippen molar-refractivity contribution in [3.63, 3.8) is 0 Å². The zero-order valence-electron chi connectivity index (χ0n) is 18.7. The van der Waals surface area contributed by atoms with Crippen LogP contribution in [0.5, 0.6) is 0 Å².